The molecule has 0 radical (unpaired) electrons. The highest BCUT2D eigenvalue weighted by Gasteiger charge is 2.27. The number of rotatable bonds is 7. The molecule has 1 aromatic rings. The molecule has 0 bridgehead atoms. The zero-order chi connectivity index (χ0) is 15.9. The minimum atomic E-state index is -0.777. The van der Waals surface area contributed by atoms with Crippen LogP contribution in [0.5, 0.6) is 5.75 Å². The zero-order valence-corrected chi connectivity index (χ0v) is 13.0. The Labute approximate surface area is 134 Å². The topological polar surface area (TPSA) is 63.6 Å². The van der Waals surface area contributed by atoms with Crippen molar-refractivity contribution in [1.29, 1.82) is 0 Å². The second kappa shape index (κ2) is 7.99. The molecule has 4 nitrogen and oxygen atoms in total. The van der Waals surface area contributed by atoms with Crippen molar-refractivity contribution in [3.63, 3.8) is 0 Å². The van der Waals surface area contributed by atoms with Crippen molar-refractivity contribution >= 4 is 23.4 Å². The summed E-state index contributed by atoms with van der Waals surface area (Å²) in [6.07, 6.45) is 6.38. The van der Waals surface area contributed by atoms with Gasteiger partial charge in [0.05, 0.1) is 0 Å². The molecule has 0 spiro atoms. The first-order chi connectivity index (χ1) is 10.5. The normalized spacial score (nSPS) is 21.1. The maximum Gasteiger partial charge on any atom is 0.303 e. The van der Waals surface area contributed by atoms with Crippen LogP contribution in [0.2, 0.25) is 5.02 Å². The molecule has 0 aromatic heterocycles. The van der Waals surface area contributed by atoms with Crippen LogP contribution in [-0.2, 0) is 9.59 Å². The second-order valence-corrected chi connectivity index (χ2v) is 5.96. The molecule has 0 aliphatic heterocycles. The summed E-state index contributed by atoms with van der Waals surface area (Å²) in [5.74, 6) is -0.0534. The summed E-state index contributed by atoms with van der Waals surface area (Å²) in [6.45, 7) is -0.0485. The molecule has 118 valence electrons. The summed E-state index contributed by atoms with van der Waals surface area (Å²) in [5.41, 5.74) is 0. The number of benzene rings is 1. The highest BCUT2D eigenvalue weighted by molar-refractivity contribution is 6.30. The smallest absolute Gasteiger partial charge is 0.303 e. The molecule has 0 amide bonds. The maximum atomic E-state index is 11.8. The number of carboxylic acid groups (broad SMARTS) is 1. The Morgan fingerprint density at radius 1 is 1.36 bits per heavy atom. The first-order valence-electron chi connectivity index (χ1n) is 7.36. The third-order valence-electron chi connectivity index (χ3n) is 3.86. The van der Waals surface area contributed by atoms with Gasteiger partial charge in [-0.05, 0) is 49.0 Å². The number of ketones is 1. The van der Waals surface area contributed by atoms with Gasteiger partial charge >= 0.3 is 5.97 Å². The largest absolute Gasteiger partial charge is 0.485 e. The van der Waals surface area contributed by atoms with E-state index in [9.17, 15) is 9.59 Å². The van der Waals surface area contributed by atoms with Gasteiger partial charge in [0, 0.05) is 11.4 Å². The second-order valence-electron chi connectivity index (χ2n) is 5.52. The van der Waals surface area contributed by atoms with Gasteiger partial charge in [0.2, 0.25) is 0 Å². The molecular weight excluding hydrogens is 304 g/mol. The van der Waals surface area contributed by atoms with Crippen LogP contribution in [-0.4, -0.2) is 23.5 Å². The van der Waals surface area contributed by atoms with Gasteiger partial charge in [0.1, 0.15) is 5.75 Å². The van der Waals surface area contributed by atoms with Gasteiger partial charge in [-0.15, -0.1) is 0 Å². The fourth-order valence-corrected chi connectivity index (χ4v) is 2.97. The third-order valence-corrected chi connectivity index (χ3v) is 4.10. The highest BCUT2D eigenvalue weighted by atomic mass is 35.5. The zero-order valence-electron chi connectivity index (χ0n) is 12.2. The molecule has 0 heterocycles. The number of ether oxygens (including phenoxy) is 1. The van der Waals surface area contributed by atoms with E-state index < -0.39 is 5.97 Å². The van der Waals surface area contributed by atoms with Crippen LogP contribution >= 0.6 is 11.6 Å². The fourth-order valence-electron chi connectivity index (χ4n) is 2.79. The van der Waals surface area contributed by atoms with Gasteiger partial charge in [-0.1, -0.05) is 30.2 Å². The SMILES string of the molecule is O=C(O)C[C@H]1CCCC1/C=C/C(=O)COc1cccc(Cl)c1. The molecule has 1 saturated carbocycles. The minimum absolute atomic E-state index is 0.0485. The van der Waals surface area contributed by atoms with E-state index in [1.54, 1.807) is 24.3 Å². The van der Waals surface area contributed by atoms with E-state index in [2.05, 4.69) is 0 Å². The highest BCUT2D eigenvalue weighted by Crippen LogP contribution is 2.35. The van der Waals surface area contributed by atoms with Gasteiger partial charge in [0.15, 0.2) is 12.4 Å². The van der Waals surface area contributed by atoms with E-state index in [1.807, 2.05) is 6.08 Å². The molecule has 5 heteroatoms. The first-order valence-corrected chi connectivity index (χ1v) is 7.73. The molecule has 1 unspecified atom stereocenters. The Morgan fingerprint density at radius 3 is 2.91 bits per heavy atom. The van der Waals surface area contributed by atoms with Crippen LogP contribution in [0.3, 0.4) is 0 Å². The molecule has 2 atom stereocenters. The summed E-state index contributed by atoms with van der Waals surface area (Å²) >= 11 is 5.84. The van der Waals surface area contributed by atoms with Gasteiger partial charge in [-0.2, -0.15) is 0 Å². The Balaban J connectivity index is 1.82. The number of hydrogen-bond donors (Lipinski definition) is 1. The Morgan fingerprint density at radius 2 is 2.18 bits per heavy atom. The number of carbonyl (C=O) groups excluding carboxylic acids is 1. The molecule has 1 aromatic carbocycles. The predicted molar refractivity (Wildman–Crippen MR) is 84.2 cm³/mol. The van der Waals surface area contributed by atoms with Gasteiger partial charge in [0.25, 0.3) is 0 Å². The Hall–Kier alpha value is -1.81. The monoisotopic (exact) mass is 322 g/mol. The summed E-state index contributed by atoms with van der Waals surface area (Å²) in [7, 11) is 0. The molecule has 1 aliphatic rings. The molecule has 0 saturated heterocycles. The number of halogens is 1. The van der Waals surface area contributed by atoms with Gasteiger partial charge in [-0.25, -0.2) is 0 Å². The number of allylic oxidation sites excluding steroid dienone is 1. The lowest BCUT2D eigenvalue weighted by Crippen LogP contribution is -2.12. The first kappa shape index (κ1) is 16.6. The van der Waals surface area contributed by atoms with Crippen molar-refractivity contribution in [3.8, 4) is 5.75 Å². The van der Waals surface area contributed by atoms with Crippen LogP contribution in [0, 0.1) is 11.8 Å². The van der Waals surface area contributed by atoms with E-state index in [4.69, 9.17) is 21.4 Å². The van der Waals surface area contributed by atoms with Gasteiger partial charge in [-0.3, -0.25) is 9.59 Å². The van der Waals surface area contributed by atoms with Crippen molar-refractivity contribution < 1.29 is 19.4 Å². The van der Waals surface area contributed by atoms with Crippen LogP contribution in [0.25, 0.3) is 0 Å². The van der Waals surface area contributed by atoms with Gasteiger partial charge < -0.3 is 9.84 Å². The Bertz CT molecular complexity index is 568. The number of carbonyl (C=O) groups is 2. The lowest BCUT2D eigenvalue weighted by Gasteiger charge is -2.13. The quantitative estimate of drug-likeness (QED) is 0.777. The van der Waals surface area contributed by atoms with E-state index in [0.29, 0.717) is 10.8 Å². The molecule has 1 fully saturated rings. The number of carboxylic acids is 1. The number of hydrogen-bond acceptors (Lipinski definition) is 3. The molecule has 22 heavy (non-hydrogen) atoms. The average Bonchev–Trinajstić information content (AvgIpc) is 2.89. The lowest BCUT2D eigenvalue weighted by molar-refractivity contribution is -0.138. The van der Waals surface area contributed by atoms with Crippen LogP contribution in [0.4, 0.5) is 0 Å². The van der Waals surface area contributed by atoms with Crippen molar-refractivity contribution in [1.82, 2.24) is 0 Å². The van der Waals surface area contributed by atoms with E-state index >= 15 is 0 Å². The lowest BCUT2D eigenvalue weighted by atomic mass is 9.92. The van der Waals surface area contributed by atoms with Crippen molar-refractivity contribution in [2.75, 3.05) is 6.61 Å². The standard InChI is InChI=1S/C17H19ClO4/c18-14-5-2-6-16(10-14)22-11-15(19)8-7-12-3-1-4-13(12)9-17(20)21/h2,5-8,10,12-13H,1,3-4,9,11H2,(H,20,21)/b8-7+/t12?,13-/m1/s1. The fraction of sp³-hybridized carbons (Fsp3) is 0.412. The minimum Gasteiger partial charge on any atom is -0.485 e. The summed E-state index contributed by atoms with van der Waals surface area (Å²) in [6, 6.07) is 6.88. The average molecular weight is 323 g/mol. The third kappa shape index (κ3) is 5.19. The van der Waals surface area contributed by atoms with Crippen molar-refractivity contribution in [2.45, 2.75) is 25.7 Å². The van der Waals surface area contributed by atoms with Crippen LogP contribution < -0.4 is 4.74 Å². The Kier molecular flexibility index (Phi) is 6.01. The van der Waals surface area contributed by atoms with E-state index in [1.165, 1.54) is 6.08 Å². The predicted octanol–water partition coefficient (Wildman–Crippen LogP) is 3.74. The number of aliphatic carboxylic acids is 1. The summed E-state index contributed by atoms with van der Waals surface area (Å²) in [4.78, 5) is 22.6. The van der Waals surface area contributed by atoms with Crippen LogP contribution in [0.15, 0.2) is 36.4 Å². The maximum absolute atomic E-state index is 11.8. The summed E-state index contributed by atoms with van der Waals surface area (Å²) in [5, 5.41) is 9.44. The van der Waals surface area contributed by atoms with E-state index in [-0.39, 0.29) is 30.6 Å². The summed E-state index contributed by atoms with van der Waals surface area (Å²) < 4.78 is 5.38. The molecule has 2 rings (SSSR count). The van der Waals surface area contributed by atoms with E-state index in [0.717, 1.165) is 19.3 Å². The van der Waals surface area contributed by atoms with Crippen molar-refractivity contribution in [3.05, 3.63) is 41.4 Å². The van der Waals surface area contributed by atoms with Crippen LogP contribution in [0.1, 0.15) is 25.7 Å². The molecular formula is C17H19ClO4. The molecule has 1 N–H and O–H groups in total. The van der Waals surface area contributed by atoms with Crippen molar-refractivity contribution in [2.24, 2.45) is 11.8 Å². The molecule has 1 aliphatic carbocycles.